The van der Waals surface area contributed by atoms with Crippen molar-refractivity contribution in [3.63, 3.8) is 0 Å². The molecule has 0 saturated carbocycles. The molecule has 0 aliphatic carbocycles. The molecule has 0 saturated heterocycles. The number of hydrogen-bond acceptors (Lipinski definition) is 1. The van der Waals surface area contributed by atoms with Gasteiger partial charge in [-0.1, -0.05) is 48.0 Å². The quantitative estimate of drug-likeness (QED) is 0.857. The average Bonchev–Trinajstić information content (AvgIpc) is 2.42. The van der Waals surface area contributed by atoms with Crippen molar-refractivity contribution in [2.75, 3.05) is 5.32 Å². The first-order valence-corrected chi connectivity index (χ1v) is 6.34. The summed E-state index contributed by atoms with van der Waals surface area (Å²) < 4.78 is 0. The summed E-state index contributed by atoms with van der Waals surface area (Å²) in [6.07, 6.45) is 0. The summed E-state index contributed by atoms with van der Waals surface area (Å²) in [5, 5.41) is 5.73. The van der Waals surface area contributed by atoms with E-state index in [0.29, 0.717) is 0 Å². The van der Waals surface area contributed by atoms with E-state index in [1.165, 1.54) is 5.56 Å². The molecule has 0 spiro atoms. The Balaban J connectivity index is 1.93. The Labute approximate surface area is 113 Å². The molecule has 0 aromatic heterocycles. The van der Waals surface area contributed by atoms with Crippen molar-refractivity contribution in [3.05, 3.63) is 65.7 Å². The Kier molecular flexibility index (Phi) is 4.18. The van der Waals surface area contributed by atoms with Crippen LogP contribution in [0.5, 0.6) is 0 Å². The van der Waals surface area contributed by atoms with Gasteiger partial charge in [-0.2, -0.15) is 0 Å². The number of hydrogen-bond donors (Lipinski definition) is 2. The van der Waals surface area contributed by atoms with E-state index in [9.17, 15) is 4.79 Å². The largest absolute Gasteiger partial charge is 0.331 e. The topological polar surface area (TPSA) is 41.1 Å². The van der Waals surface area contributed by atoms with Gasteiger partial charge in [-0.25, -0.2) is 4.79 Å². The third-order valence-corrected chi connectivity index (χ3v) is 2.96. The Bertz CT molecular complexity index is 534. The molecule has 1 atom stereocenters. The van der Waals surface area contributed by atoms with Gasteiger partial charge in [-0.3, -0.25) is 0 Å². The fourth-order valence-corrected chi connectivity index (χ4v) is 1.83. The Morgan fingerprint density at radius 3 is 2.26 bits per heavy atom. The van der Waals surface area contributed by atoms with Crippen molar-refractivity contribution < 1.29 is 4.79 Å². The lowest BCUT2D eigenvalue weighted by Gasteiger charge is -2.15. The minimum absolute atomic E-state index is 0.0216. The zero-order valence-corrected chi connectivity index (χ0v) is 11.2. The van der Waals surface area contributed by atoms with Crippen LogP contribution in [0.15, 0.2) is 54.6 Å². The van der Waals surface area contributed by atoms with Gasteiger partial charge in [0, 0.05) is 5.69 Å². The van der Waals surface area contributed by atoms with Crippen LogP contribution in [-0.4, -0.2) is 6.03 Å². The molecule has 2 aromatic rings. The number of carbonyl (C=O) groups excluding carboxylic acids is 1. The predicted molar refractivity (Wildman–Crippen MR) is 78.2 cm³/mol. The van der Waals surface area contributed by atoms with Crippen molar-refractivity contribution in [1.29, 1.82) is 0 Å². The van der Waals surface area contributed by atoms with Gasteiger partial charge in [0.05, 0.1) is 6.04 Å². The predicted octanol–water partition coefficient (Wildman–Crippen LogP) is 3.88. The first-order chi connectivity index (χ1) is 9.15. The number of nitrogens with one attached hydrogen (secondary N) is 2. The molecule has 19 heavy (non-hydrogen) atoms. The number of urea groups is 1. The van der Waals surface area contributed by atoms with Gasteiger partial charge in [0.15, 0.2) is 0 Å². The molecule has 3 heteroatoms. The molecule has 0 bridgehead atoms. The fraction of sp³-hybridized carbons (Fsp3) is 0.188. The Morgan fingerprint density at radius 2 is 1.63 bits per heavy atom. The zero-order chi connectivity index (χ0) is 13.7. The molecule has 2 amide bonds. The van der Waals surface area contributed by atoms with Gasteiger partial charge >= 0.3 is 6.03 Å². The highest BCUT2D eigenvalue weighted by molar-refractivity contribution is 5.89. The van der Waals surface area contributed by atoms with Crippen molar-refractivity contribution in [2.24, 2.45) is 0 Å². The fourth-order valence-electron chi connectivity index (χ4n) is 1.83. The summed E-state index contributed by atoms with van der Waals surface area (Å²) in [6.45, 7) is 3.98. The van der Waals surface area contributed by atoms with Crippen LogP contribution >= 0.6 is 0 Å². The van der Waals surface area contributed by atoms with Crippen molar-refractivity contribution in [2.45, 2.75) is 19.9 Å². The van der Waals surface area contributed by atoms with E-state index >= 15 is 0 Å². The lowest BCUT2D eigenvalue weighted by molar-refractivity contribution is 0.249. The molecule has 0 unspecified atom stereocenters. The number of amides is 2. The van der Waals surface area contributed by atoms with Crippen LogP contribution in [0.1, 0.15) is 24.1 Å². The third-order valence-electron chi connectivity index (χ3n) is 2.96. The second-order valence-corrected chi connectivity index (χ2v) is 4.60. The van der Waals surface area contributed by atoms with Gasteiger partial charge in [0.1, 0.15) is 0 Å². The zero-order valence-electron chi connectivity index (χ0n) is 11.2. The maximum atomic E-state index is 11.9. The summed E-state index contributed by atoms with van der Waals surface area (Å²) in [5.41, 5.74) is 3.05. The van der Waals surface area contributed by atoms with Crippen molar-refractivity contribution in [1.82, 2.24) is 5.32 Å². The van der Waals surface area contributed by atoms with E-state index in [2.05, 4.69) is 10.6 Å². The normalized spacial score (nSPS) is 11.7. The SMILES string of the molecule is Cc1ccc(NC(=O)N[C@H](C)c2ccccc2)cc1. The first kappa shape index (κ1) is 13.1. The first-order valence-electron chi connectivity index (χ1n) is 6.34. The van der Waals surface area contributed by atoms with E-state index in [4.69, 9.17) is 0 Å². The summed E-state index contributed by atoms with van der Waals surface area (Å²) in [7, 11) is 0. The van der Waals surface area contributed by atoms with Crippen molar-refractivity contribution in [3.8, 4) is 0 Å². The van der Waals surface area contributed by atoms with Crippen LogP contribution in [0.2, 0.25) is 0 Å². The number of anilines is 1. The minimum Gasteiger partial charge on any atom is -0.331 e. The highest BCUT2D eigenvalue weighted by Crippen LogP contribution is 2.12. The molecule has 0 aliphatic rings. The van der Waals surface area contributed by atoms with E-state index < -0.39 is 0 Å². The van der Waals surface area contributed by atoms with Gasteiger partial charge in [0.25, 0.3) is 0 Å². The number of aryl methyl sites for hydroxylation is 1. The summed E-state index contributed by atoms with van der Waals surface area (Å²) in [6, 6.07) is 17.4. The van der Waals surface area contributed by atoms with Crippen molar-refractivity contribution >= 4 is 11.7 Å². The number of rotatable bonds is 3. The second-order valence-electron chi connectivity index (χ2n) is 4.60. The van der Waals surface area contributed by atoms with Gasteiger partial charge in [-0.05, 0) is 31.5 Å². The molecular formula is C16H18N2O. The summed E-state index contributed by atoms with van der Waals surface area (Å²) in [4.78, 5) is 11.9. The highest BCUT2D eigenvalue weighted by atomic mass is 16.2. The van der Waals surface area contributed by atoms with Crippen LogP contribution in [0.25, 0.3) is 0 Å². The van der Waals surface area contributed by atoms with Crippen LogP contribution < -0.4 is 10.6 Å². The molecule has 2 rings (SSSR count). The molecule has 0 heterocycles. The van der Waals surface area contributed by atoms with E-state index in [0.717, 1.165) is 11.3 Å². The summed E-state index contributed by atoms with van der Waals surface area (Å²) >= 11 is 0. The molecule has 98 valence electrons. The molecular weight excluding hydrogens is 236 g/mol. The lowest BCUT2D eigenvalue weighted by atomic mass is 10.1. The van der Waals surface area contributed by atoms with E-state index in [1.807, 2.05) is 68.4 Å². The maximum absolute atomic E-state index is 11.9. The van der Waals surface area contributed by atoms with Crippen LogP contribution in [-0.2, 0) is 0 Å². The van der Waals surface area contributed by atoms with Gasteiger partial charge in [0.2, 0.25) is 0 Å². The maximum Gasteiger partial charge on any atom is 0.319 e. The van der Waals surface area contributed by atoms with Gasteiger partial charge < -0.3 is 10.6 Å². The minimum atomic E-state index is -0.194. The lowest BCUT2D eigenvalue weighted by Crippen LogP contribution is -2.31. The third kappa shape index (κ3) is 3.85. The smallest absolute Gasteiger partial charge is 0.319 e. The molecule has 0 aliphatic heterocycles. The van der Waals surface area contributed by atoms with Crippen LogP contribution in [0.4, 0.5) is 10.5 Å². The number of carbonyl (C=O) groups is 1. The Morgan fingerprint density at radius 1 is 1.00 bits per heavy atom. The number of benzene rings is 2. The van der Waals surface area contributed by atoms with E-state index in [1.54, 1.807) is 0 Å². The molecule has 2 N–H and O–H groups in total. The molecule has 2 aromatic carbocycles. The second kappa shape index (κ2) is 6.05. The molecule has 3 nitrogen and oxygen atoms in total. The summed E-state index contributed by atoms with van der Waals surface area (Å²) in [5.74, 6) is 0. The van der Waals surface area contributed by atoms with Crippen LogP contribution in [0.3, 0.4) is 0 Å². The standard InChI is InChI=1S/C16H18N2O/c1-12-8-10-15(11-9-12)18-16(19)17-13(2)14-6-4-3-5-7-14/h3-11,13H,1-2H3,(H2,17,18,19)/t13-/m1/s1. The monoisotopic (exact) mass is 254 g/mol. The van der Waals surface area contributed by atoms with E-state index in [-0.39, 0.29) is 12.1 Å². The Hall–Kier alpha value is -2.29. The van der Waals surface area contributed by atoms with Crippen LogP contribution in [0, 0.1) is 6.92 Å². The molecule has 0 radical (unpaired) electrons. The molecule has 0 fully saturated rings. The van der Waals surface area contributed by atoms with Gasteiger partial charge in [-0.15, -0.1) is 0 Å². The average molecular weight is 254 g/mol. The highest BCUT2D eigenvalue weighted by Gasteiger charge is 2.08.